The number of benzene rings is 3. The highest BCUT2D eigenvalue weighted by Crippen LogP contribution is 2.40. The van der Waals surface area contributed by atoms with Crippen molar-refractivity contribution in [2.75, 3.05) is 7.11 Å². The van der Waals surface area contributed by atoms with Gasteiger partial charge in [-0.15, -0.1) is 0 Å². The van der Waals surface area contributed by atoms with Crippen molar-refractivity contribution in [3.63, 3.8) is 0 Å². The smallest absolute Gasteiger partial charge is 0.303 e. The number of ether oxygens (including phenoxy) is 2. The Hall–Kier alpha value is -3.34. The third-order valence-electron chi connectivity index (χ3n) is 6.20. The number of carboxylic acid groups (broad SMARTS) is 1. The maximum absolute atomic E-state index is 14.7. The van der Waals surface area contributed by atoms with E-state index >= 15 is 0 Å². The van der Waals surface area contributed by atoms with Crippen LogP contribution in [0, 0.1) is 5.82 Å². The first-order valence-corrected chi connectivity index (χ1v) is 11.1. The van der Waals surface area contributed by atoms with E-state index in [9.17, 15) is 9.18 Å². The number of aliphatic carboxylic acids is 1. The van der Waals surface area contributed by atoms with Crippen LogP contribution in [-0.4, -0.2) is 18.2 Å². The minimum Gasteiger partial charge on any atom is -0.497 e. The van der Waals surface area contributed by atoms with E-state index in [0.717, 1.165) is 40.0 Å². The quantitative estimate of drug-likeness (QED) is 0.449. The van der Waals surface area contributed by atoms with Gasteiger partial charge in [-0.25, -0.2) is 4.39 Å². The summed E-state index contributed by atoms with van der Waals surface area (Å²) in [7, 11) is 1.57. The van der Waals surface area contributed by atoms with E-state index in [0.29, 0.717) is 17.9 Å². The average Bonchev–Trinajstić information content (AvgIpc) is 2.75. The Morgan fingerprint density at radius 2 is 1.79 bits per heavy atom. The second-order valence-electron chi connectivity index (χ2n) is 9.62. The molecule has 0 unspecified atom stereocenters. The van der Waals surface area contributed by atoms with Crippen LogP contribution in [0.4, 0.5) is 4.39 Å². The van der Waals surface area contributed by atoms with Crippen molar-refractivity contribution < 1.29 is 23.8 Å². The monoisotopic (exact) mass is 448 g/mol. The summed E-state index contributed by atoms with van der Waals surface area (Å²) in [5, 5.41) is 9.00. The minimum atomic E-state index is -0.766. The summed E-state index contributed by atoms with van der Waals surface area (Å²) in [5.74, 6) is 0.435. The molecule has 0 saturated heterocycles. The first kappa shape index (κ1) is 22.8. The van der Waals surface area contributed by atoms with Crippen molar-refractivity contribution in [2.45, 2.75) is 51.6 Å². The lowest BCUT2D eigenvalue weighted by atomic mass is 9.76. The molecule has 0 heterocycles. The summed E-state index contributed by atoms with van der Waals surface area (Å²) in [5.41, 5.74) is 5.44. The normalized spacial score (nSPS) is 14.9. The highest BCUT2D eigenvalue weighted by Gasteiger charge is 2.28. The first-order chi connectivity index (χ1) is 15.7. The zero-order valence-electron chi connectivity index (χ0n) is 19.4. The molecule has 0 aliphatic heterocycles. The van der Waals surface area contributed by atoms with Crippen molar-refractivity contribution in [3.8, 4) is 22.6 Å². The molecule has 0 radical (unpaired) electrons. The predicted octanol–water partition coefficient (Wildman–Crippen LogP) is 6.49. The van der Waals surface area contributed by atoms with Crippen LogP contribution in [0.5, 0.6) is 11.5 Å². The van der Waals surface area contributed by atoms with Gasteiger partial charge in [0, 0.05) is 5.56 Å². The molecule has 3 aromatic carbocycles. The molecule has 0 saturated carbocycles. The van der Waals surface area contributed by atoms with Gasteiger partial charge in [0.05, 0.1) is 13.5 Å². The lowest BCUT2D eigenvalue weighted by Gasteiger charge is -2.29. The fourth-order valence-electron chi connectivity index (χ4n) is 4.43. The predicted molar refractivity (Wildman–Crippen MR) is 127 cm³/mol. The number of hydrogen-bond acceptors (Lipinski definition) is 3. The SMILES string of the molecule is COc1ccc(F)c(-c2ccc(COc3ccc4c(c3)C[C@H]4CC(=O)O)cc2C(C)(C)C)c1. The Bertz CT molecular complexity index is 1190. The number of fused-ring (bicyclic) bond motifs is 1. The average molecular weight is 449 g/mol. The van der Waals surface area contributed by atoms with Gasteiger partial charge in [-0.3, -0.25) is 4.79 Å². The molecule has 0 amide bonds. The van der Waals surface area contributed by atoms with Crippen LogP contribution in [-0.2, 0) is 23.2 Å². The van der Waals surface area contributed by atoms with E-state index in [1.807, 2.05) is 30.3 Å². The van der Waals surface area contributed by atoms with Gasteiger partial charge in [-0.2, -0.15) is 0 Å². The summed E-state index contributed by atoms with van der Waals surface area (Å²) in [6.07, 6.45) is 0.941. The molecule has 4 rings (SSSR count). The molecule has 0 bridgehead atoms. The van der Waals surface area contributed by atoms with Gasteiger partial charge < -0.3 is 14.6 Å². The zero-order chi connectivity index (χ0) is 23.8. The number of hydrogen-bond donors (Lipinski definition) is 1. The highest BCUT2D eigenvalue weighted by molar-refractivity contribution is 5.71. The summed E-state index contributed by atoms with van der Waals surface area (Å²) in [6, 6.07) is 16.7. The van der Waals surface area contributed by atoms with E-state index in [1.165, 1.54) is 6.07 Å². The third-order valence-corrected chi connectivity index (χ3v) is 6.20. The molecule has 1 N–H and O–H groups in total. The summed E-state index contributed by atoms with van der Waals surface area (Å²) < 4.78 is 26.0. The van der Waals surface area contributed by atoms with E-state index in [4.69, 9.17) is 14.6 Å². The van der Waals surface area contributed by atoms with Gasteiger partial charge in [0.1, 0.15) is 23.9 Å². The molecule has 1 aliphatic rings. The van der Waals surface area contributed by atoms with E-state index in [2.05, 4.69) is 26.8 Å². The molecule has 0 aromatic heterocycles. The topological polar surface area (TPSA) is 55.8 Å². The lowest BCUT2D eigenvalue weighted by molar-refractivity contribution is -0.137. The largest absolute Gasteiger partial charge is 0.497 e. The molecule has 172 valence electrons. The van der Waals surface area contributed by atoms with Crippen molar-refractivity contribution in [1.29, 1.82) is 0 Å². The van der Waals surface area contributed by atoms with Crippen LogP contribution >= 0.6 is 0 Å². The third kappa shape index (κ3) is 4.87. The van der Waals surface area contributed by atoms with E-state index in [-0.39, 0.29) is 23.6 Å². The van der Waals surface area contributed by atoms with Crippen LogP contribution in [0.15, 0.2) is 54.6 Å². The second-order valence-corrected chi connectivity index (χ2v) is 9.62. The maximum atomic E-state index is 14.7. The summed E-state index contributed by atoms with van der Waals surface area (Å²) >= 11 is 0. The Morgan fingerprint density at radius 1 is 1.03 bits per heavy atom. The Labute approximate surface area is 194 Å². The van der Waals surface area contributed by atoms with Crippen LogP contribution in [0.1, 0.15) is 55.4 Å². The lowest BCUT2D eigenvalue weighted by Crippen LogP contribution is -2.20. The highest BCUT2D eigenvalue weighted by atomic mass is 19.1. The van der Waals surface area contributed by atoms with Crippen molar-refractivity contribution >= 4 is 5.97 Å². The molecule has 1 aliphatic carbocycles. The molecular formula is C28H29FO4. The Balaban J connectivity index is 1.55. The number of rotatable bonds is 7. The van der Waals surface area contributed by atoms with Gasteiger partial charge in [-0.05, 0) is 75.9 Å². The fourth-order valence-corrected chi connectivity index (χ4v) is 4.43. The first-order valence-electron chi connectivity index (χ1n) is 11.1. The van der Waals surface area contributed by atoms with Crippen molar-refractivity contribution in [3.05, 3.63) is 82.7 Å². The standard InChI is InChI=1S/C28H29FO4/c1-28(2,3)25-11-17(5-8-23(25)24-15-20(32-4)7-10-26(24)29)16-33-21-6-9-22-18(13-21)12-19(22)14-27(30)31/h5-11,13,15,19H,12,14,16H2,1-4H3,(H,30,31)/t19-/m0/s1. The molecule has 33 heavy (non-hydrogen) atoms. The van der Waals surface area contributed by atoms with E-state index in [1.54, 1.807) is 19.2 Å². The Kier molecular flexibility index (Phi) is 6.15. The van der Waals surface area contributed by atoms with Gasteiger partial charge in [-0.1, -0.05) is 45.0 Å². The number of methoxy groups -OCH3 is 1. The maximum Gasteiger partial charge on any atom is 0.303 e. The molecule has 0 fully saturated rings. The van der Waals surface area contributed by atoms with E-state index < -0.39 is 5.97 Å². The van der Waals surface area contributed by atoms with Crippen LogP contribution in [0.25, 0.3) is 11.1 Å². The van der Waals surface area contributed by atoms with Gasteiger partial charge in [0.25, 0.3) is 0 Å². The van der Waals surface area contributed by atoms with Gasteiger partial charge >= 0.3 is 5.97 Å². The number of carbonyl (C=O) groups is 1. The molecule has 5 heteroatoms. The summed E-state index contributed by atoms with van der Waals surface area (Å²) in [6.45, 7) is 6.72. The zero-order valence-corrected chi connectivity index (χ0v) is 19.4. The van der Waals surface area contributed by atoms with Crippen molar-refractivity contribution in [1.82, 2.24) is 0 Å². The molecule has 3 aromatic rings. The second kappa shape index (κ2) is 8.89. The molecular weight excluding hydrogens is 419 g/mol. The van der Waals surface area contributed by atoms with Crippen LogP contribution < -0.4 is 9.47 Å². The van der Waals surface area contributed by atoms with Crippen LogP contribution in [0.2, 0.25) is 0 Å². The van der Waals surface area contributed by atoms with Crippen molar-refractivity contribution in [2.24, 2.45) is 0 Å². The van der Waals surface area contributed by atoms with Gasteiger partial charge in [0.15, 0.2) is 0 Å². The number of halogens is 1. The summed E-state index contributed by atoms with van der Waals surface area (Å²) in [4.78, 5) is 11.0. The minimum absolute atomic E-state index is 0.102. The molecule has 4 nitrogen and oxygen atoms in total. The van der Waals surface area contributed by atoms with Crippen LogP contribution in [0.3, 0.4) is 0 Å². The van der Waals surface area contributed by atoms with Gasteiger partial charge in [0.2, 0.25) is 0 Å². The Morgan fingerprint density at radius 3 is 2.45 bits per heavy atom. The fraction of sp³-hybridized carbons (Fsp3) is 0.321. The molecule has 0 spiro atoms. The number of carboxylic acids is 1. The molecule has 1 atom stereocenters.